The third-order valence-electron chi connectivity index (χ3n) is 5.56. The second kappa shape index (κ2) is 7.11. The van der Waals surface area contributed by atoms with Crippen LogP contribution in [0.3, 0.4) is 0 Å². The van der Waals surface area contributed by atoms with Gasteiger partial charge in [0.25, 0.3) is 0 Å². The van der Waals surface area contributed by atoms with Gasteiger partial charge in [0.2, 0.25) is 0 Å². The third kappa shape index (κ3) is 3.09. The molecule has 2 unspecified atom stereocenters. The molecule has 1 aliphatic heterocycles. The zero-order chi connectivity index (χ0) is 18.1. The van der Waals surface area contributed by atoms with Crippen LogP contribution < -0.4 is 4.74 Å². The molecule has 2 atom stereocenters. The molecule has 2 aromatic rings. The monoisotopic (exact) mass is 355 g/mol. The Kier molecular flexibility index (Phi) is 4.68. The number of carbonyl (C=O) groups excluding carboxylic acids is 1. The van der Waals surface area contributed by atoms with Gasteiger partial charge in [0.05, 0.1) is 31.3 Å². The minimum Gasteiger partial charge on any atom is -0.497 e. The van der Waals surface area contributed by atoms with Crippen molar-refractivity contribution in [2.75, 3.05) is 20.3 Å². The third-order valence-corrected chi connectivity index (χ3v) is 5.56. The van der Waals surface area contributed by atoms with Gasteiger partial charge in [0, 0.05) is 19.1 Å². The number of fused-ring (bicyclic) bond motifs is 2. The molecule has 6 heteroatoms. The molecule has 2 bridgehead atoms. The summed E-state index contributed by atoms with van der Waals surface area (Å²) in [4.78, 5) is 14.9. The Morgan fingerprint density at radius 1 is 1.27 bits per heavy atom. The molecule has 0 spiro atoms. The Bertz CT molecular complexity index is 784. The van der Waals surface area contributed by atoms with Crippen molar-refractivity contribution in [3.8, 4) is 11.4 Å². The molecular weight excluding hydrogens is 330 g/mol. The van der Waals surface area contributed by atoms with Crippen LogP contribution in [0.5, 0.6) is 5.75 Å². The number of aromatic nitrogens is 2. The maximum atomic E-state index is 12.4. The predicted molar refractivity (Wildman–Crippen MR) is 97.6 cm³/mol. The van der Waals surface area contributed by atoms with E-state index in [0.29, 0.717) is 18.2 Å². The van der Waals surface area contributed by atoms with Gasteiger partial charge >= 0.3 is 5.97 Å². The molecule has 0 radical (unpaired) electrons. The number of esters is 1. The molecule has 4 rings (SSSR count). The smallest absolute Gasteiger partial charge is 0.341 e. The van der Waals surface area contributed by atoms with Crippen molar-refractivity contribution in [1.29, 1.82) is 0 Å². The molecule has 1 aliphatic carbocycles. The van der Waals surface area contributed by atoms with Crippen molar-refractivity contribution >= 4 is 5.97 Å². The van der Waals surface area contributed by atoms with Crippen molar-refractivity contribution in [2.45, 2.75) is 38.8 Å². The molecule has 2 aliphatic rings. The highest BCUT2D eigenvalue weighted by Crippen LogP contribution is 2.38. The zero-order valence-corrected chi connectivity index (χ0v) is 15.4. The van der Waals surface area contributed by atoms with Crippen LogP contribution in [0.1, 0.15) is 42.2 Å². The van der Waals surface area contributed by atoms with Gasteiger partial charge in [-0.25, -0.2) is 9.48 Å². The first-order valence-electron chi connectivity index (χ1n) is 9.32. The van der Waals surface area contributed by atoms with Crippen LogP contribution in [-0.2, 0) is 11.3 Å². The standard InChI is InChI=1S/C20H25N3O3/c1-3-26-20(24)18-11-21-23(15-6-8-17(25-2)9-7-15)19(18)13-22-12-14-4-5-16(22)10-14/h6-9,11,14,16H,3-5,10,12-13H2,1-2H3. The lowest BCUT2D eigenvalue weighted by Gasteiger charge is -2.27. The fourth-order valence-electron chi connectivity index (χ4n) is 4.26. The number of carbonyl (C=O) groups is 1. The van der Waals surface area contributed by atoms with Crippen LogP contribution >= 0.6 is 0 Å². The first-order valence-corrected chi connectivity index (χ1v) is 9.32. The van der Waals surface area contributed by atoms with E-state index >= 15 is 0 Å². The number of benzene rings is 1. The SMILES string of the molecule is CCOC(=O)c1cnn(-c2ccc(OC)cc2)c1CN1CC2CCC1C2. The lowest BCUT2D eigenvalue weighted by molar-refractivity contribution is 0.0523. The van der Waals surface area contributed by atoms with Crippen molar-refractivity contribution < 1.29 is 14.3 Å². The van der Waals surface area contributed by atoms with E-state index in [1.165, 1.54) is 19.3 Å². The van der Waals surface area contributed by atoms with E-state index in [1.807, 2.05) is 35.9 Å². The second-order valence-electron chi connectivity index (χ2n) is 7.10. The van der Waals surface area contributed by atoms with Crippen molar-refractivity contribution in [3.63, 3.8) is 0 Å². The Morgan fingerprint density at radius 3 is 2.69 bits per heavy atom. The van der Waals surface area contributed by atoms with Gasteiger partial charge < -0.3 is 9.47 Å². The highest BCUT2D eigenvalue weighted by molar-refractivity contribution is 5.90. The summed E-state index contributed by atoms with van der Waals surface area (Å²) in [5.74, 6) is 1.31. The maximum Gasteiger partial charge on any atom is 0.341 e. The van der Waals surface area contributed by atoms with Gasteiger partial charge in [0.1, 0.15) is 11.3 Å². The molecule has 1 aromatic carbocycles. The maximum absolute atomic E-state index is 12.4. The van der Waals surface area contributed by atoms with E-state index < -0.39 is 0 Å². The van der Waals surface area contributed by atoms with Crippen LogP contribution in [0, 0.1) is 5.92 Å². The highest BCUT2D eigenvalue weighted by atomic mass is 16.5. The van der Waals surface area contributed by atoms with Crippen LogP contribution in [0.2, 0.25) is 0 Å². The minimum absolute atomic E-state index is 0.299. The summed E-state index contributed by atoms with van der Waals surface area (Å²) in [5, 5.41) is 4.50. The Hall–Kier alpha value is -2.34. The predicted octanol–water partition coefficient (Wildman–Crippen LogP) is 3.04. The van der Waals surface area contributed by atoms with E-state index in [1.54, 1.807) is 13.3 Å². The van der Waals surface area contributed by atoms with Gasteiger partial charge in [-0.2, -0.15) is 5.10 Å². The van der Waals surface area contributed by atoms with Crippen molar-refractivity contribution in [3.05, 3.63) is 41.7 Å². The first-order chi connectivity index (χ1) is 12.7. The van der Waals surface area contributed by atoms with Gasteiger partial charge in [-0.1, -0.05) is 0 Å². The van der Waals surface area contributed by atoms with E-state index in [4.69, 9.17) is 9.47 Å². The summed E-state index contributed by atoms with van der Waals surface area (Å²) < 4.78 is 12.3. The molecule has 2 heterocycles. The van der Waals surface area contributed by atoms with E-state index in [-0.39, 0.29) is 5.97 Å². The fourth-order valence-corrected chi connectivity index (χ4v) is 4.26. The number of rotatable bonds is 6. The molecule has 26 heavy (non-hydrogen) atoms. The van der Waals surface area contributed by atoms with Crippen molar-refractivity contribution in [2.24, 2.45) is 5.92 Å². The number of hydrogen-bond donors (Lipinski definition) is 0. The fraction of sp³-hybridized carbons (Fsp3) is 0.500. The summed E-state index contributed by atoms with van der Waals surface area (Å²) in [5.41, 5.74) is 2.38. The average molecular weight is 355 g/mol. The van der Waals surface area contributed by atoms with Gasteiger partial charge in [-0.05, 0) is 56.4 Å². The number of hydrogen-bond acceptors (Lipinski definition) is 5. The zero-order valence-electron chi connectivity index (χ0n) is 15.4. The lowest BCUT2D eigenvalue weighted by Crippen LogP contribution is -2.33. The molecule has 1 saturated heterocycles. The summed E-state index contributed by atoms with van der Waals surface area (Å²) in [6, 6.07) is 8.36. The van der Waals surface area contributed by atoms with Gasteiger partial charge in [0.15, 0.2) is 0 Å². The van der Waals surface area contributed by atoms with Crippen LogP contribution in [0.25, 0.3) is 5.69 Å². The Balaban J connectivity index is 1.67. The molecule has 0 N–H and O–H groups in total. The summed E-state index contributed by atoms with van der Waals surface area (Å²) >= 11 is 0. The molecule has 138 valence electrons. The van der Waals surface area contributed by atoms with Crippen molar-refractivity contribution in [1.82, 2.24) is 14.7 Å². The van der Waals surface area contributed by atoms with Crippen LogP contribution in [-0.4, -0.2) is 47.0 Å². The Morgan fingerprint density at radius 2 is 2.08 bits per heavy atom. The molecular formula is C20H25N3O3. The van der Waals surface area contributed by atoms with E-state index in [9.17, 15) is 4.79 Å². The average Bonchev–Trinajstić information content (AvgIpc) is 3.38. The molecule has 1 aromatic heterocycles. The molecule has 0 amide bonds. The number of ether oxygens (including phenoxy) is 2. The highest BCUT2D eigenvalue weighted by Gasteiger charge is 2.38. The minimum atomic E-state index is -0.299. The Labute approximate surface area is 153 Å². The number of likely N-dealkylation sites (tertiary alicyclic amines) is 1. The van der Waals surface area contributed by atoms with E-state index in [0.717, 1.165) is 36.1 Å². The lowest BCUT2D eigenvalue weighted by atomic mass is 10.1. The van der Waals surface area contributed by atoms with Gasteiger partial charge in [-0.15, -0.1) is 0 Å². The largest absolute Gasteiger partial charge is 0.497 e. The summed E-state index contributed by atoms with van der Waals surface area (Å²) in [7, 11) is 1.65. The molecule has 6 nitrogen and oxygen atoms in total. The second-order valence-corrected chi connectivity index (χ2v) is 7.10. The van der Waals surface area contributed by atoms with Crippen LogP contribution in [0.4, 0.5) is 0 Å². The van der Waals surface area contributed by atoms with Crippen LogP contribution in [0.15, 0.2) is 30.5 Å². The molecule has 2 fully saturated rings. The van der Waals surface area contributed by atoms with E-state index in [2.05, 4.69) is 10.00 Å². The number of methoxy groups -OCH3 is 1. The quantitative estimate of drug-likeness (QED) is 0.746. The summed E-state index contributed by atoms with van der Waals surface area (Å²) in [6.45, 7) is 4.02. The number of piperidine rings is 1. The van der Waals surface area contributed by atoms with Gasteiger partial charge in [-0.3, -0.25) is 4.90 Å². The normalized spacial score (nSPS) is 21.9. The number of nitrogens with zero attached hydrogens (tertiary/aromatic N) is 3. The summed E-state index contributed by atoms with van der Waals surface area (Å²) in [6.07, 6.45) is 5.51. The topological polar surface area (TPSA) is 56.6 Å². The first kappa shape index (κ1) is 17.1. The molecule has 1 saturated carbocycles.